The normalized spacial score (nSPS) is 40.1. The fraction of sp³-hybridized carbons (Fsp3) is 0.667. The molecule has 4 N–H and O–H groups in total. The van der Waals surface area contributed by atoms with E-state index in [0.29, 0.717) is 0 Å². The third-order valence-corrected chi connectivity index (χ3v) is 2.27. The maximum atomic E-state index is 10.3. The maximum absolute atomic E-state index is 10.3. The van der Waals surface area contributed by atoms with Crippen LogP contribution in [0.1, 0.15) is 0 Å². The molecule has 1 saturated heterocycles. The van der Waals surface area contributed by atoms with Crippen LogP contribution in [0.3, 0.4) is 0 Å². The molecule has 1 aliphatic heterocycles. The van der Waals surface area contributed by atoms with E-state index < -0.39 is 36.7 Å². The molecule has 0 aromatic carbocycles. The second kappa shape index (κ2) is 5.37. The molecule has 0 spiro atoms. The standard InChI is InChI=1S/C9H14O7/c1-15-9-8(14)7(13)6(12)4(16-9)2-3-5(10)11/h2-4,6-9,12-14H,1H3,(H,10,11)/b3-2+/t4-,6-,7+,8+,9+/m1/s1. The van der Waals surface area contributed by atoms with Gasteiger partial charge >= 0.3 is 5.97 Å². The quantitative estimate of drug-likeness (QED) is 0.420. The molecule has 1 rings (SSSR count). The smallest absolute Gasteiger partial charge is 0.328 e. The zero-order valence-corrected chi connectivity index (χ0v) is 8.56. The molecule has 1 fully saturated rings. The highest BCUT2D eigenvalue weighted by Crippen LogP contribution is 2.22. The van der Waals surface area contributed by atoms with E-state index in [2.05, 4.69) is 0 Å². The summed E-state index contributed by atoms with van der Waals surface area (Å²) in [4.78, 5) is 10.3. The number of carbonyl (C=O) groups is 1. The molecule has 0 radical (unpaired) electrons. The maximum Gasteiger partial charge on any atom is 0.328 e. The van der Waals surface area contributed by atoms with Gasteiger partial charge in [-0.1, -0.05) is 0 Å². The van der Waals surface area contributed by atoms with Crippen molar-refractivity contribution in [2.24, 2.45) is 0 Å². The summed E-state index contributed by atoms with van der Waals surface area (Å²) in [6.45, 7) is 0. The first kappa shape index (κ1) is 13.1. The topological polar surface area (TPSA) is 116 Å². The van der Waals surface area contributed by atoms with Gasteiger partial charge in [-0.05, 0) is 6.08 Å². The largest absolute Gasteiger partial charge is 0.478 e. The van der Waals surface area contributed by atoms with E-state index in [0.717, 1.165) is 12.2 Å². The lowest BCUT2D eigenvalue weighted by molar-refractivity contribution is -0.279. The van der Waals surface area contributed by atoms with Crippen molar-refractivity contribution in [1.29, 1.82) is 0 Å². The van der Waals surface area contributed by atoms with E-state index >= 15 is 0 Å². The van der Waals surface area contributed by atoms with E-state index in [4.69, 9.17) is 14.6 Å². The Balaban J connectivity index is 2.74. The number of aliphatic hydroxyl groups is 3. The molecule has 16 heavy (non-hydrogen) atoms. The minimum atomic E-state index is -1.46. The molecular formula is C9H14O7. The van der Waals surface area contributed by atoms with Crippen molar-refractivity contribution >= 4 is 5.97 Å². The van der Waals surface area contributed by atoms with Crippen LogP contribution in [-0.4, -0.2) is 64.2 Å². The van der Waals surface area contributed by atoms with Crippen molar-refractivity contribution in [2.45, 2.75) is 30.7 Å². The Morgan fingerprint density at radius 2 is 1.88 bits per heavy atom. The van der Waals surface area contributed by atoms with Gasteiger partial charge in [0.05, 0.1) is 0 Å². The molecule has 0 aliphatic carbocycles. The van der Waals surface area contributed by atoms with Gasteiger partial charge in [-0.3, -0.25) is 0 Å². The number of hydrogen-bond donors (Lipinski definition) is 4. The van der Waals surface area contributed by atoms with E-state index in [1.165, 1.54) is 7.11 Å². The third-order valence-electron chi connectivity index (χ3n) is 2.27. The molecule has 7 nitrogen and oxygen atoms in total. The summed E-state index contributed by atoms with van der Waals surface area (Å²) in [6.07, 6.45) is -4.53. The summed E-state index contributed by atoms with van der Waals surface area (Å²) in [5.74, 6) is -1.20. The summed E-state index contributed by atoms with van der Waals surface area (Å²) in [6, 6.07) is 0. The number of hydrogen-bond acceptors (Lipinski definition) is 6. The fourth-order valence-electron chi connectivity index (χ4n) is 1.40. The first-order valence-corrected chi connectivity index (χ1v) is 4.61. The average Bonchev–Trinajstić information content (AvgIpc) is 2.25. The Labute approximate surface area is 91.5 Å². The molecule has 0 unspecified atom stereocenters. The highest BCUT2D eigenvalue weighted by molar-refractivity contribution is 5.79. The van der Waals surface area contributed by atoms with Crippen LogP contribution in [0.15, 0.2) is 12.2 Å². The number of carboxylic acids is 1. The summed E-state index contributed by atoms with van der Waals surface area (Å²) >= 11 is 0. The zero-order chi connectivity index (χ0) is 12.3. The lowest BCUT2D eigenvalue weighted by Crippen LogP contribution is -2.57. The predicted octanol–water partition coefficient (Wildman–Crippen LogP) is -1.92. The van der Waals surface area contributed by atoms with Crippen molar-refractivity contribution in [1.82, 2.24) is 0 Å². The molecule has 92 valence electrons. The van der Waals surface area contributed by atoms with Crippen LogP contribution in [-0.2, 0) is 14.3 Å². The molecule has 1 heterocycles. The van der Waals surface area contributed by atoms with E-state index in [1.54, 1.807) is 0 Å². The number of rotatable bonds is 3. The average molecular weight is 234 g/mol. The lowest BCUT2D eigenvalue weighted by Gasteiger charge is -2.38. The Kier molecular flexibility index (Phi) is 4.39. The van der Waals surface area contributed by atoms with Crippen molar-refractivity contribution in [2.75, 3.05) is 7.11 Å². The SMILES string of the molecule is CO[C@H]1O[C@H](/C=C/C(=O)O)[C@@H](O)[C@H](O)[C@@H]1O. The van der Waals surface area contributed by atoms with Crippen LogP contribution in [0, 0.1) is 0 Å². The molecule has 0 saturated carbocycles. The van der Waals surface area contributed by atoms with Crippen LogP contribution in [0.25, 0.3) is 0 Å². The number of aliphatic hydroxyl groups excluding tert-OH is 3. The van der Waals surface area contributed by atoms with E-state index in [1.807, 2.05) is 0 Å². The zero-order valence-electron chi connectivity index (χ0n) is 8.56. The molecule has 1 aliphatic rings. The van der Waals surface area contributed by atoms with Crippen molar-refractivity contribution in [3.63, 3.8) is 0 Å². The van der Waals surface area contributed by atoms with Gasteiger partial charge in [0.2, 0.25) is 0 Å². The van der Waals surface area contributed by atoms with Gasteiger partial charge in [0.15, 0.2) is 6.29 Å². The van der Waals surface area contributed by atoms with Gasteiger partial charge in [-0.15, -0.1) is 0 Å². The monoisotopic (exact) mass is 234 g/mol. The highest BCUT2D eigenvalue weighted by atomic mass is 16.7. The van der Waals surface area contributed by atoms with E-state index in [-0.39, 0.29) is 0 Å². The Morgan fingerprint density at radius 1 is 1.25 bits per heavy atom. The number of methoxy groups -OCH3 is 1. The lowest BCUT2D eigenvalue weighted by atomic mass is 9.98. The Hall–Kier alpha value is -0.990. The van der Waals surface area contributed by atoms with Gasteiger partial charge < -0.3 is 29.9 Å². The van der Waals surface area contributed by atoms with Crippen LogP contribution < -0.4 is 0 Å². The number of aliphatic carboxylic acids is 1. The molecule has 5 atom stereocenters. The van der Waals surface area contributed by atoms with Crippen molar-refractivity contribution in [3.05, 3.63) is 12.2 Å². The van der Waals surface area contributed by atoms with Crippen molar-refractivity contribution < 1.29 is 34.7 Å². The predicted molar refractivity (Wildman–Crippen MR) is 50.5 cm³/mol. The van der Waals surface area contributed by atoms with E-state index in [9.17, 15) is 20.1 Å². The summed E-state index contributed by atoms with van der Waals surface area (Å²) in [5.41, 5.74) is 0. The van der Waals surface area contributed by atoms with Gasteiger partial charge in [-0.2, -0.15) is 0 Å². The van der Waals surface area contributed by atoms with Crippen molar-refractivity contribution in [3.8, 4) is 0 Å². The van der Waals surface area contributed by atoms with Crippen LogP contribution in [0.2, 0.25) is 0 Å². The highest BCUT2D eigenvalue weighted by Gasteiger charge is 2.42. The van der Waals surface area contributed by atoms with Gasteiger partial charge in [0.25, 0.3) is 0 Å². The Morgan fingerprint density at radius 3 is 2.38 bits per heavy atom. The molecule has 0 aromatic rings. The molecule has 0 aromatic heterocycles. The first-order valence-electron chi connectivity index (χ1n) is 4.61. The van der Waals surface area contributed by atoms with Gasteiger partial charge in [-0.25, -0.2) is 4.79 Å². The molecule has 7 heteroatoms. The first-order chi connectivity index (χ1) is 7.47. The fourth-order valence-corrected chi connectivity index (χ4v) is 1.40. The minimum Gasteiger partial charge on any atom is -0.478 e. The van der Waals surface area contributed by atoms with Crippen LogP contribution >= 0.6 is 0 Å². The third kappa shape index (κ3) is 2.77. The summed E-state index contributed by atoms with van der Waals surface area (Å²) in [7, 11) is 1.26. The molecular weight excluding hydrogens is 220 g/mol. The second-order valence-electron chi connectivity index (χ2n) is 3.37. The van der Waals surface area contributed by atoms with Gasteiger partial charge in [0, 0.05) is 13.2 Å². The number of carboxylic acid groups (broad SMARTS) is 1. The minimum absolute atomic E-state index is 0.783. The van der Waals surface area contributed by atoms with Crippen LogP contribution in [0.4, 0.5) is 0 Å². The Bertz CT molecular complexity index is 275. The van der Waals surface area contributed by atoms with Gasteiger partial charge in [0.1, 0.15) is 24.4 Å². The van der Waals surface area contributed by atoms with Crippen LogP contribution in [0.5, 0.6) is 0 Å². The summed E-state index contributed by atoms with van der Waals surface area (Å²) < 4.78 is 9.78. The number of ether oxygens (including phenoxy) is 2. The summed E-state index contributed by atoms with van der Waals surface area (Å²) in [5, 5.41) is 36.7. The molecule has 0 amide bonds. The molecule has 0 bridgehead atoms. The second-order valence-corrected chi connectivity index (χ2v) is 3.37.